The zero-order valence-electron chi connectivity index (χ0n) is 14.6. The summed E-state index contributed by atoms with van der Waals surface area (Å²) < 4.78 is 10.6. The highest BCUT2D eigenvalue weighted by Gasteiger charge is 2.18. The molecular weight excluding hydrogens is 350 g/mol. The first-order valence-electron chi connectivity index (χ1n) is 7.93. The van der Waals surface area contributed by atoms with Crippen LogP contribution in [-0.2, 0) is 0 Å². The lowest BCUT2D eigenvalue weighted by Crippen LogP contribution is -2.08. The topological polar surface area (TPSA) is 65.5 Å². The predicted molar refractivity (Wildman–Crippen MR) is 100 cm³/mol. The molecule has 26 heavy (non-hydrogen) atoms. The van der Waals surface area contributed by atoms with Crippen molar-refractivity contribution in [3.8, 4) is 22.1 Å². The smallest absolute Gasteiger partial charge is 0.355 e. The molecule has 0 saturated carbocycles. The maximum Gasteiger partial charge on any atom is 0.355 e. The second-order valence-electron chi connectivity index (χ2n) is 5.63. The van der Waals surface area contributed by atoms with Gasteiger partial charge < -0.3 is 9.47 Å². The number of carbonyl (C=O) groups excluding carboxylic acids is 2. The number of carbonyl (C=O) groups is 2. The molecular formula is C20H17NO4S. The average molecular weight is 367 g/mol. The van der Waals surface area contributed by atoms with Crippen molar-refractivity contribution in [1.82, 2.24) is 4.98 Å². The Morgan fingerprint density at radius 1 is 0.962 bits per heavy atom. The van der Waals surface area contributed by atoms with Crippen LogP contribution in [0.25, 0.3) is 10.6 Å². The van der Waals surface area contributed by atoms with E-state index in [4.69, 9.17) is 9.47 Å². The number of benzene rings is 2. The van der Waals surface area contributed by atoms with Gasteiger partial charge in [-0.05, 0) is 62.4 Å². The van der Waals surface area contributed by atoms with Crippen LogP contribution in [0.15, 0.2) is 48.5 Å². The van der Waals surface area contributed by atoms with Gasteiger partial charge in [-0.1, -0.05) is 0 Å². The zero-order valence-corrected chi connectivity index (χ0v) is 15.4. The fraction of sp³-hybridized carbons (Fsp3) is 0.150. The summed E-state index contributed by atoms with van der Waals surface area (Å²) in [5.74, 6) is 0.648. The summed E-state index contributed by atoms with van der Waals surface area (Å²) in [6, 6.07) is 14.0. The first-order valence-corrected chi connectivity index (χ1v) is 8.74. The maximum absolute atomic E-state index is 12.5. The average Bonchev–Trinajstić information content (AvgIpc) is 3.04. The van der Waals surface area contributed by atoms with Crippen molar-refractivity contribution in [3.63, 3.8) is 0 Å². The number of ether oxygens (including phenoxy) is 2. The molecule has 0 aliphatic rings. The highest BCUT2D eigenvalue weighted by atomic mass is 32.1. The molecule has 1 aromatic heterocycles. The van der Waals surface area contributed by atoms with Crippen LogP contribution in [-0.4, -0.2) is 23.8 Å². The van der Waals surface area contributed by atoms with Gasteiger partial charge in [0.25, 0.3) is 0 Å². The number of aryl methyl sites for hydroxylation is 1. The molecule has 0 spiro atoms. The Hall–Kier alpha value is -2.99. The van der Waals surface area contributed by atoms with Gasteiger partial charge in [0, 0.05) is 11.1 Å². The summed E-state index contributed by atoms with van der Waals surface area (Å²) in [4.78, 5) is 28.7. The Morgan fingerprint density at radius 3 is 2.15 bits per heavy atom. The molecule has 3 aromatic rings. The number of hydrogen-bond acceptors (Lipinski definition) is 6. The van der Waals surface area contributed by atoms with Gasteiger partial charge in [0.05, 0.1) is 12.8 Å². The fourth-order valence-electron chi connectivity index (χ4n) is 2.35. The molecule has 0 fully saturated rings. The van der Waals surface area contributed by atoms with Crippen LogP contribution < -0.4 is 9.47 Å². The molecule has 0 unspecified atom stereocenters. The SMILES string of the molecule is COc1ccc(-c2nc(C)c(C(=O)Oc3ccc(C(C)=O)cc3)s2)cc1. The monoisotopic (exact) mass is 367 g/mol. The van der Waals surface area contributed by atoms with E-state index in [0.29, 0.717) is 21.9 Å². The number of Topliss-reactive ketones (excluding diaryl/α,β-unsaturated/α-hetero) is 1. The third-order valence-corrected chi connectivity index (χ3v) is 4.98. The number of hydrogen-bond donors (Lipinski definition) is 0. The van der Waals surface area contributed by atoms with Crippen molar-refractivity contribution < 1.29 is 19.1 Å². The van der Waals surface area contributed by atoms with Crippen molar-refractivity contribution in [3.05, 3.63) is 64.7 Å². The Kier molecular flexibility index (Phi) is 5.14. The van der Waals surface area contributed by atoms with E-state index in [-0.39, 0.29) is 5.78 Å². The van der Waals surface area contributed by atoms with Crippen molar-refractivity contribution >= 4 is 23.1 Å². The Labute approximate surface area is 155 Å². The van der Waals surface area contributed by atoms with Gasteiger partial charge in [-0.3, -0.25) is 4.79 Å². The lowest BCUT2D eigenvalue weighted by Gasteiger charge is -2.03. The lowest BCUT2D eigenvalue weighted by atomic mass is 10.1. The molecule has 0 atom stereocenters. The minimum atomic E-state index is -0.463. The molecule has 132 valence electrons. The Balaban J connectivity index is 1.79. The van der Waals surface area contributed by atoms with E-state index in [1.807, 2.05) is 24.3 Å². The highest BCUT2D eigenvalue weighted by molar-refractivity contribution is 7.17. The molecule has 5 nitrogen and oxygen atoms in total. The number of nitrogens with zero attached hydrogens (tertiary/aromatic N) is 1. The molecule has 0 N–H and O–H groups in total. The third kappa shape index (κ3) is 3.81. The van der Waals surface area contributed by atoms with E-state index in [0.717, 1.165) is 16.3 Å². The summed E-state index contributed by atoms with van der Waals surface area (Å²) in [6.45, 7) is 3.27. The van der Waals surface area contributed by atoms with E-state index in [1.165, 1.54) is 18.3 Å². The van der Waals surface area contributed by atoms with Gasteiger partial charge in [-0.25, -0.2) is 9.78 Å². The van der Waals surface area contributed by atoms with Crippen LogP contribution in [0.4, 0.5) is 0 Å². The van der Waals surface area contributed by atoms with Crippen molar-refractivity contribution in [2.75, 3.05) is 7.11 Å². The van der Waals surface area contributed by atoms with Crippen LogP contribution in [0.5, 0.6) is 11.5 Å². The van der Waals surface area contributed by atoms with Crippen LogP contribution in [0.3, 0.4) is 0 Å². The first-order chi connectivity index (χ1) is 12.5. The summed E-state index contributed by atoms with van der Waals surface area (Å²) >= 11 is 1.28. The van der Waals surface area contributed by atoms with Crippen LogP contribution in [0.2, 0.25) is 0 Å². The standard InChI is InChI=1S/C20H17NO4S/c1-12-18(20(23)25-17-10-4-14(5-11-17)13(2)22)26-19(21-12)15-6-8-16(24-3)9-7-15/h4-11H,1-3H3. The lowest BCUT2D eigenvalue weighted by molar-refractivity contribution is 0.0739. The molecule has 3 rings (SSSR count). The van der Waals surface area contributed by atoms with Crippen LogP contribution in [0.1, 0.15) is 32.6 Å². The van der Waals surface area contributed by atoms with Gasteiger partial charge in [0.2, 0.25) is 0 Å². The molecule has 0 aliphatic heterocycles. The quantitative estimate of drug-likeness (QED) is 0.376. The maximum atomic E-state index is 12.5. The van der Waals surface area contributed by atoms with Gasteiger partial charge in [-0.2, -0.15) is 0 Å². The molecule has 0 saturated heterocycles. The van der Waals surface area contributed by atoms with Gasteiger partial charge in [-0.15, -0.1) is 11.3 Å². The number of aromatic nitrogens is 1. The number of methoxy groups -OCH3 is 1. The summed E-state index contributed by atoms with van der Waals surface area (Å²) in [7, 11) is 1.61. The van der Waals surface area contributed by atoms with E-state index >= 15 is 0 Å². The predicted octanol–water partition coefficient (Wildman–Crippen LogP) is 4.55. The van der Waals surface area contributed by atoms with Crippen molar-refractivity contribution in [2.45, 2.75) is 13.8 Å². The first kappa shape index (κ1) is 17.8. The Morgan fingerprint density at radius 2 is 1.58 bits per heavy atom. The second kappa shape index (κ2) is 7.49. The summed E-state index contributed by atoms with van der Waals surface area (Å²) in [5, 5.41) is 0.740. The second-order valence-corrected chi connectivity index (χ2v) is 6.63. The molecule has 6 heteroatoms. The normalized spacial score (nSPS) is 10.4. The van der Waals surface area contributed by atoms with Crippen molar-refractivity contribution in [1.29, 1.82) is 0 Å². The van der Waals surface area contributed by atoms with Gasteiger partial charge in [0.15, 0.2) is 5.78 Å². The van der Waals surface area contributed by atoms with Gasteiger partial charge >= 0.3 is 5.97 Å². The third-order valence-electron chi connectivity index (χ3n) is 3.79. The van der Waals surface area contributed by atoms with Gasteiger partial charge in [0.1, 0.15) is 21.4 Å². The van der Waals surface area contributed by atoms with E-state index in [2.05, 4.69) is 4.98 Å². The molecule has 0 amide bonds. The molecule has 0 aliphatic carbocycles. The zero-order chi connectivity index (χ0) is 18.7. The molecule has 0 bridgehead atoms. The van der Waals surface area contributed by atoms with Crippen molar-refractivity contribution in [2.24, 2.45) is 0 Å². The van der Waals surface area contributed by atoms with E-state index < -0.39 is 5.97 Å². The number of thiazole rings is 1. The van der Waals surface area contributed by atoms with Crippen LogP contribution in [0, 0.1) is 6.92 Å². The van der Waals surface area contributed by atoms with E-state index in [1.54, 1.807) is 38.3 Å². The molecule has 1 heterocycles. The summed E-state index contributed by atoms with van der Waals surface area (Å²) in [5.41, 5.74) is 2.09. The minimum absolute atomic E-state index is 0.0367. The molecule has 0 radical (unpaired) electrons. The highest BCUT2D eigenvalue weighted by Crippen LogP contribution is 2.30. The number of rotatable bonds is 5. The fourth-order valence-corrected chi connectivity index (χ4v) is 3.30. The van der Waals surface area contributed by atoms with Crippen LogP contribution >= 0.6 is 11.3 Å². The Bertz CT molecular complexity index is 943. The molecule has 2 aromatic carbocycles. The largest absolute Gasteiger partial charge is 0.497 e. The van der Waals surface area contributed by atoms with E-state index in [9.17, 15) is 9.59 Å². The minimum Gasteiger partial charge on any atom is -0.497 e. The number of esters is 1. The number of ketones is 1. The summed E-state index contributed by atoms with van der Waals surface area (Å²) in [6.07, 6.45) is 0.